The monoisotopic (exact) mass is 1780 g/mol. The minimum Gasteiger partial charge on any atom is -0.0682 e. The minimum absolute atomic E-state index is 0.209. The average Bonchev–Trinajstić information content (AvgIpc) is 1.51. The Kier molecular flexibility index (Phi) is 31.7. The van der Waals surface area contributed by atoms with Gasteiger partial charge in [0.25, 0.3) is 0 Å². The number of hydrogen-bond donors (Lipinski definition) is 0. The third kappa shape index (κ3) is 16.5. The molecule has 0 N–H and O–H groups in total. The second-order valence-corrected chi connectivity index (χ2v) is 59.7. The van der Waals surface area contributed by atoms with Crippen molar-refractivity contribution in [2.75, 3.05) is 0 Å². The molecule has 4 spiro atoms. The Morgan fingerprint density at radius 2 is 0.380 bits per heavy atom. The number of rotatable bonds is 6. The van der Waals surface area contributed by atoms with E-state index in [0.29, 0.717) is 86.6 Å². The summed E-state index contributed by atoms with van der Waals surface area (Å²) in [5.41, 5.74) is 40.5. The van der Waals surface area contributed by atoms with E-state index in [4.69, 9.17) is 0 Å². The standard InChI is InChI=1S/2C19H36.C17H32.C15H28.C13H22.C13H24.C11H16.C11H18.C11H20/c1-13-14(2)19(15(3,4)5,16(6,7)8)18(11,12)17(13,9)10;1-13-14(2)18(11,12)19(15(3,4)5,16(6,7)8)17(13,9)10;1-9-16(10-2)13(5)14(6)17(11-3,12-4)15(16,7)8;1-9-15(10-2)12(4)11(3)13(5,6)14(15,7)8;1-9-10(2)12(5,6)13(7-8-13)11(9,3)4;1-9-10(2)12(5,6)13(7,8)11(9,3)4;1-8-9(2)11(5-6-11)7-10(8)3-4-10;1-8-9(2)11(5-6-11)7-10(8,3)4;1-8-9(2)11(5,6)7-10(8,3)4/h2*1-12H3;9-12H2,1-8H3;9-10H2,1-8H3;7-8H2,1-6H3;1-8H3;3-7H2,1-2H3;5-7H2,1-4H3;7H2,1-6H3. The van der Waals surface area contributed by atoms with E-state index in [1.165, 1.54) is 109 Å². The minimum atomic E-state index is 0.209. The highest BCUT2D eigenvalue weighted by Crippen LogP contribution is 2.81. The first-order valence-corrected chi connectivity index (χ1v) is 54.1. The molecule has 0 bridgehead atoms. The summed E-state index contributed by atoms with van der Waals surface area (Å²) in [7, 11) is 0. The summed E-state index contributed by atoms with van der Waals surface area (Å²) >= 11 is 0. The van der Waals surface area contributed by atoms with E-state index in [2.05, 4.69) is 457 Å². The first-order chi connectivity index (χ1) is 56.9. The van der Waals surface area contributed by atoms with Crippen LogP contribution >= 0.6 is 0 Å². The van der Waals surface area contributed by atoms with Crippen molar-refractivity contribution in [3.05, 3.63) is 100 Å². The van der Waals surface area contributed by atoms with Gasteiger partial charge in [-0.05, 0) is 380 Å². The van der Waals surface area contributed by atoms with Crippen molar-refractivity contribution < 1.29 is 0 Å². The summed E-state index contributed by atoms with van der Waals surface area (Å²) in [6.07, 6.45) is 23.7. The van der Waals surface area contributed by atoms with Gasteiger partial charge in [-0.3, -0.25) is 0 Å². The van der Waals surface area contributed by atoms with Gasteiger partial charge >= 0.3 is 0 Å². The molecule has 4 saturated carbocycles. The van der Waals surface area contributed by atoms with E-state index in [9.17, 15) is 0 Å². The van der Waals surface area contributed by atoms with Crippen LogP contribution in [0.2, 0.25) is 0 Å². The van der Waals surface area contributed by atoms with Gasteiger partial charge in [0.2, 0.25) is 0 Å². The molecule has 0 saturated heterocycles. The van der Waals surface area contributed by atoms with Gasteiger partial charge in [0, 0.05) is 5.41 Å². The summed E-state index contributed by atoms with van der Waals surface area (Å²) in [6, 6.07) is 0. The quantitative estimate of drug-likeness (QED) is 0.233. The molecule has 0 aromatic heterocycles. The maximum atomic E-state index is 2.52. The van der Waals surface area contributed by atoms with Crippen molar-refractivity contribution in [2.45, 2.75) is 566 Å². The molecule has 748 valence electrons. The summed E-state index contributed by atoms with van der Waals surface area (Å²) in [6.45, 7) is 158. The second-order valence-electron chi connectivity index (χ2n) is 59.7. The van der Waals surface area contributed by atoms with Gasteiger partial charge in [-0.1, -0.05) is 433 Å². The van der Waals surface area contributed by atoms with E-state index >= 15 is 0 Å². The molecule has 13 aliphatic rings. The molecule has 13 rings (SSSR count). The molecule has 0 aliphatic heterocycles. The molecule has 0 atom stereocenters. The van der Waals surface area contributed by atoms with Gasteiger partial charge in [-0.25, -0.2) is 0 Å². The normalized spacial score (nSPS) is 28.5. The maximum Gasteiger partial charge on any atom is 0.00680 e. The van der Waals surface area contributed by atoms with E-state index in [-0.39, 0.29) is 54.1 Å². The molecule has 0 nitrogen and oxygen atoms in total. The van der Waals surface area contributed by atoms with Crippen molar-refractivity contribution in [2.24, 2.45) is 152 Å². The van der Waals surface area contributed by atoms with E-state index in [1.54, 1.807) is 100 Å². The first-order valence-electron chi connectivity index (χ1n) is 54.1. The molecule has 0 heterocycles. The van der Waals surface area contributed by atoms with Crippen molar-refractivity contribution in [3.8, 4) is 0 Å². The van der Waals surface area contributed by atoms with Crippen LogP contribution in [-0.2, 0) is 0 Å². The van der Waals surface area contributed by atoms with Crippen molar-refractivity contribution in [1.29, 1.82) is 0 Å². The van der Waals surface area contributed by atoms with Crippen molar-refractivity contribution in [1.82, 2.24) is 0 Å². The summed E-state index contributed by atoms with van der Waals surface area (Å²) in [5, 5.41) is 0. The molecular weight excluding hydrogens is 1550 g/mol. The SMILES string of the molecule is CC1=C(C)C(C(C)(C)C)(C(C)(C)C)C(C)(C)C1(C)C.CC1=C(C)C(C)(C)C(C(C)(C)C)(C(C)(C)C)C1(C)C.CC1=C(C)C(C)(C)C(C)(C)C1(C)C.CC1=C(C)C(C)(C)C2(CC2)C1(C)C.CC1=C(C)C(C)(C)CC1(C)C.CC1=C(C)C2(CC2)CC1(C)C.CC1=C(C)C2(CC2)CC12CC2.CCC1(CC)C(C)=C(C)C(C)(C)C1(C)C.CCC1(CC)C(C)=C(C)C(CC)(CC)C1(C)C. The van der Waals surface area contributed by atoms with Crippen LogP contribution in [0.3, 0.4) is 0 Å². The smallest absolute Gasteiger partial charge is 0.00680 e. The van der Waals surface area contributed by atoms with E-state index < -0.39 is 0 Å². The fourth-order valence-electron chi connectivity index (χ4n) is 37.6. The fourth-order valence-corrected chi connectivity index (χ4v) is 37.6. The Morgan fingerprint density at radius 3 is 0.504 bits per heavy atom. The predicted molar refractivity (Wildman–Crippen MR) is 584 cm³/mol. The molecule has 0 radical (unpaired) electrons. The summed E-state index contributed by atoms with van der Waals surface area (Å²) in [4.78, 5) is 0. The fraction of sp³-hybridized carbons (Fsp3) is 0.860. The zero-order valence-electron chi connectivity index (χ0n) is 101. The van der Waals surface area contributed by atoms with Gasteiger partial charge in [0.15, 0.2) is 0 Å². The lowest BCUT2D eigenvalue weighted by atomic mass is 9.38. The van der Waals surface area contributed by atoms with Gasteiger partial charge in [-0.2, -0.15) is 0 Å². The zero-order valence-corrected chi connectivity index (χ0v) is 101. The molecule has 0 aromatic rings. The summed E-state index contributed by atoms with van der Waals surface area (Å²) < 4.78 is 0. The van der Waals surface area contributed by atoms with E-state index in [0.717, 1.165) is 10.8 Å². The largest absolute Gasteiger partial charge is 0.0682 e. The Labute approximate surface area is 812 Å². The van der Waals surface area contributed by atoms with Crippen LogP contribution in [0.25, 0.3) is 0 Å². The molecule has 4 fully saturated rings. The summed E-state index contributed by atoms with van der Waals surface area (Å²) in [5.74, 6) is 0. The Morgan fingerprint density at radius 1 is 0.178 bits per heavy atom. The highest BCUT2D eigenvalue weighted by atomic mass is 14.8. The highest BCUT2D eigenvalue weighted by molar-refractivity contribution is 5.47. The van der Waals surface area contributed by atoms with Crippen LogP contribution in [0.5, 0.6) is 0 Å². The Bertz CT molecular complexity index is 4070. The Balaban J connectivity index is 0.000000259. The van der Waals surface area contributed by atoms with Crippen molar-refractivity contribution in [3.63, 3.8) is 0 Å². The molecule has 0 aromatic carbocycles. The molecule has 0 amide bonds. The number of hydrogen-bond acceptors (Lipinski definition) is 0. The maximum absolute atomic E-state index is 2.52. The topological polar surface area (TPSA) is 0 Å². The highest BCUT2D eigenvalue weighted by Gasteiger charge is 2.73. The van der Waals surface area contributed by atoms with E-state index in [1.807, 2.05) is 0 Å². The van der Waals surface area contributed by atoms with Gasteiger partial charge < -0.3 is 0 Å². The molecule has 13 aliphatic carbocycles. The lowest BCUT2D eigenvalue weighted by Gasteiger charge is -2.66. The lowest BCUT2D eigenvalue weighted by molar-refractivity contribution is -0.166. The first kappa shape index (κ1) is 117. The van der Waals surface area contributed by atoms with Crippen molar-refractivity contribution >= 4 is 0 Å². The molecule has 0 unspecified atom stereocenters. The van der Waals surface area contributed by atoms with Crippen LogP contribution < -0.4 is 0 Å². The average molecular weight is 1780 g/mol. The number of allylic oxidation sites excluding steroid dienone is 18. The van der Waals surface area contributed by atoms with Crippen LogP contribution in [0.1, 0.15) is 566 Å². The molecule has 129 heavy (non-hydrogen) atoms. The van der Waals surface area contributed by atoms with Crippen LogP contribution in [0, 0.1) is 152 Å². The van der Waals surface area contributed by atoms with Crippen LogP contribution in [0.4, 0.5) is 0 Å². The lowest BCUT2D eigenvalue weighted by Crippen LogP contribution is -2.60. The third-order valence-electron chi connectivity index (χ3n) is 49.5. The Hall–Kier alpha value is -2.34. The van der Waals surface area contributed by atoms with Crippen LogP contribution in [0.15, 0.2) is 100 Å². The predicted octanol–water partition coefficient (Wildman–Crippen LogP) is 43.3. The zero-order chi connectivity index (χ0) is 102. The third-order valence-corrected chi connectivity index (χ3v) is 49.5. The molecule has 0 heteroatoms. The van der Waals surface area contributed by atoms with Gasteiger partial charge in [-0.15, -0.1) is 0 Å². The molecular formula is C129H232. The van der Waals surface area contributed by atoms with Gasteiger partial charge in [0.1, 0.15) is 0 Å². The van der Waals surface area contributed by atoms with Gasteiger partial charge in [0.05, 0.1) is 0 Å². The second kappa shape index (κ2) is 34.9. The van der Waals surface area contributed by atoms with Crippen LogP contribution in [-0.4, -0.2) is 0 Å².